The lowest BCUT2D eigenvalue weighted by Crippen LogP contribution is -2.06. The Labute approximate surface area is 108 Å². The van der Waals surface area contributed by atoms with Crippen molar-refractivity contribution in [3.8, 4) is 5.75 Å². The molecule has 0 saturated heterocycles. The number of Topliss-reactive ketones (excluding diaryl/α,β-unsaturated/α-hetero) is 1. The molecular formula is C13H12F2O4. The van der Waals surface area contributed by atoms with Gasteiger partial charge in [0.15, 0.2) is 0 Å². The fourth-order valence-corrected chi connectivity index (χ4v) is 1.55. The van der Waals surface area contributed by atoms with Gasteiger partial charge in [0.25, 0.3) is 0 Å². The lowest BCUT2D eigenvalue weighted by molar-refractivity contribution is -0.131. The van der Waals surface area contributed by atoms with Crippen LogP contribution >= 0.6 is 0 Å². The summed E-state index contributed by atoms with van der Waals surface area (Å²) in [7, 11) is 0. The number of carboxylic acids is 1. The SMILES string of the molecule is CC(=O)Cc1cccc(OC(F)F)c1/C=C/C(=O)O. The number of aliphatic carboxylic acids is 1. The molecule has 0 amide bonds. The van der Waals surface area contributed by atoms with Gasteiger partial charge in [0.2, 0.25) is 0 Å². The van der Waals surface area contributed by atoms with E-state index in [4.69, 9.17) is 5.11 Å². The lowest BCUT2D eigenvalue weighted by atomic mass is 10.0. The molecule has 1 N–H and O–H groups in total. The highest BCUT2D eigenvalue weighted by Crippen LogP contribution is 2.26. The van der Waals surface area contributed by atoms with Crippen LogP contribution in [0.15, 0.2) is 24.3 Å². The molecule has 1 aromatic carbocycles. The molecule has 0 radical (unpaired) electrons. The molecule has 0 saturated carbocycles. The zero-order valence-electron chi connectivity index (χ0n) is 10.1. The molecule has 1 rings (SSSR count). The van der Waals surface area contributed by atoms with Gasteiger partial charge in [-0.2, -0.15) is 8.78 Å². The van der Waals surface area contributed by atoms with E-state index in [2.05, 4.69) is 4.74 Å². The summed E-state index contributed by atoms with van der Waals surface area (Å²) in [6.45, 7) is -1.67. The summed E-state index contributed by atoms with van der Waals surface area (Å²) in [5, 5.41) is 8.58. The summed E-state index contributed by atoms with van der Waals surface area (Å²) in [4.78, 5) is 21.6. The molecule has 0 unspecified atom stereocenters. The van der Waals surface area contributed by atoms with Crippen LogP contribution in [0.3, 0.4) is 0 Å². The summed E-state index contributed by atoms with van der Waals surface area (Å²) in [6, 6.07) is 4.31. The number of benzene rings is 1. The molecule has 0 bridgehead atoms. The molecule has 6 heteroatoms. The van der Waals surface area contributed by atoms with Gasteiger partial charge in [0.1, 0.15) is 11.5 Å². The molecule has 4 nitrogen and oxygen atoms in total. The highest BCUT2D eigenvalue weighted by atomic mass is 19.3. The average molecular weight is 270 g/mol. The largest absolute Gasteiger partial charge is 0.478 e. The summed E-state index contributed by atoms with van der Waals surface area (Å²) in [5.74, 6) is -1.55. The van der Waals surface area contributed by atoms with E-state index in [-0.39, 0.29) is 23.5 Å². The number of hydrogen-bond acceptors (Lipinski definition) is 3. The quantitative estimate of drug-likeness (QED) is 0.807. The Morgan fingerprint density at radius 2 is 2.11 bits per heavy atom. The molecule has 0 fully saturated rings. The standard InChI is InChI=1S/C13H12F2O4/c1-8(16)7-9-3-2-4-11(19-13(14)15)10(9)5-6-12(17)18/h2-6,13H,7H2,1H3,(H,17,18)/b6-5+. The number of carbonyl (C=O) groups is 2. The minimum atomic E-state index is -3.02. The fraction of sp³-hybridized carbons (Fsp3) is 0.231. The minimum absolute atomic E-state index is 0.0136. The molecule has 102 valence electrons. The number of carbonyl (C=O) groups excluding carboxylic acids is 1. The van der Waals surface area contributed by atoms with Gasteiger partial charge in [0.05, 0.1) is 0 Å². The second kappa shape index (κ2) is 6.63. The van der Waals surface area contributed by atoms with Crippen LogP contribution in [0.25, 0.3) is 6.08 Å². The van der Waals surface area contributed by atoms with E-state index >= 15 is 0 Å². The number of ketones is 1. The number of rotatable bonds is 6. The van der Waals surface area contributed by atoms with Crippen molar-refractivity contribution in [2.75, 3.05) is 0 Å². The maximum Gasteiger partial charge on any atom is 0.387 e. The van der Waals surface area contributed by atoms with E-state index in [0.29, 0.717) is 5.56 Å². The Morgan fingerprint density at radius 3 is 2.63 bits per heavy atom. The van der Waals surface area contributed by atoms with Gasteiger partial charge in [-0.25, -0.2) is 4.79 Å². The molecule has 0 aromatic heterocycles. The van der Waals surface area contributed by atoms with Crippen LogP contribution in [0.4, 0.5) is 8.78 Å². The highest BCUT2D eigenvalue weighted by Gasteiger charge is 2.12. The first-order chi connectivity index (χ1) is 8.90. The fourth-order valence-electron chi connectivity index (χ4n) is 1.55. The van der Waals surface area contributed by atoms with E-state index in [9.17, 15) is 18.4 Å². The van der Waals surface area contributed by atoms with E-state index in [1.807, 2.05) is 0 Å². The number of ether oxygens (including phenoxy) is 1. The molecular weight excluding hydrogens is 258 g/mol. The Balaban J connectivity index is 3.22. The zero-order valence-corrected chi connectivity index (χ0v) is 10.1. The van der Waals surface area contributed by atoms with Gasteiger partial charge in [-0.05, 0) is 24.6 Å². The Hall–Kier alpha value is -2.24. The predicted molar refractivity (Wildman–Crippen MR) is 64.1 cm³/mol. The molecule has 0 aliphatic heterocycles. The number of halogens is 2. The van der Waals surface area contributed by atoms with Crippen molar-refractivity contribution < 1.29 is 28.2 Å². The molecule has 0 heterocycles. The van der Waals surface area contributed by atoms with Crippen molar-refractivity contribution in [2.45, 2.75) is 20.0 Å². The summed E-state index contributed by atoms with van der Waals surface area (Å²) in [5.41, 5.74) is 0.601. The van der Waals surface area contributed by atoms with E-state index in [1.165, 1.54) is 19.1 Å². The van der Waals surface area contributed by atoms with Gasteiger partial charge in [-0.15, -0.1) is 0 Å². The van der Waals surface area contributed by atoms with Crippen molar-refractivity contribution in [3.05, 3.63) is 35.4 Å². The molecule has 0 atom stereocenters. The van der Waals surface area contributed by atoms with Crippen molar-refractivity contribution >= 4 is 17.8 Å². The monoisotopic (exact) mass is 270 g/mol. The van der Waals surface area contributed by atoms with Gasteiger partial charge >= 0.3 is 12.6 Å². The predicted octanol–water partition coefficient (Wildman–Crippen LogP) is 2.52. The van der Waals surface area contributed by atoms with Crippen LogP contribution in [-0.2, 0) is 16.0 Å². The second-order valence-corrected chi connectivity index (χ2v) is 3.76. The van der Waals surface area contributed by atoms with Crippen molar-refractivity contribution in [3.63, 3.8) is 0 Å². The normalized spacial score (nSPS) is 10.9. The first kappa shape index (κ1) is 14.8. The molecule has 0 aliphatic carbocycles. The number of hydrogen-bond donors (Lipinski definition) is 1. The van der Waals surface area contributed by atoms with Crippen LogP contribution < -0.4 is 4.74 Å². The number of alkyl halides is 2. The summed E-state index contributed by atoms with van der Waals surface area (Å²) < 4.78 is 28.8. The van der Waals surface area contributed by atoms with Crippen LogP contribution in [0.1, 0.15) is 18.1 Å². The highest BCUT2D eigenvalue weighted by molar-refractivity contribution is 5.87. The molecule has 0 spiro atoms. The summed E-state index contributed by atoms with van der Waals surface area (Å²) in [6.07, 6.45) is 1.95. The van der Waals surface area contributed by atoms with Crippen LogP contribution in [-0.4, -0.2) is 23.5 Å². The van der Waals surface area contributed by atoms with Crippen LogP contribution in [0.5, 0.6) is 5.75 Å². The maximum absolute atomic E-state index is 12.3. The molecule has 1 aromatic rings. The van der Waals surface area contributed by atoms with Gasteiger partial charge < -0.3 is 9.84 Å². The first-order valence-electron chi connectivity index (χ1n) is 5.37. The van der Waals surface area contributed by atoms with E-state index < -0.39 is 12.6 Å². The third kappa shape index (κ3) is 4.87. The first-order valence-corrected chi connectivity index (χ1v) is 5.37. The number of carboxylic acid groups (broad SMARTS) is 1. The Morgan fingerprint density at radius 1 is 1.42 bits per heavy atom. The van der Waals surface area contributed by atoms with Gasteiger partial charge in [-0.1, -0.05) is 12.1 Å². The third-order valence-corrected chi connectivity index (χ3v) is 2.20. The van der Waals surface area contributed by atoms with Crippen molar-refractivity contribution in [2.24, 2.45) is 0 Å². The van der Waals surface area contributed by atoms with Crippen LogP contribution in [0, 0.1) is 0 Å². The maximum atomic E-state index is 12.3. The van der Waals surface area contributed by atoms with Crippen LogP contribution in [0.2, 0.25) is 0 Å². The third-order valence-electron chi connectivity index (χ3n) is 2.20. The van der Waals surface area contributed by atoms with Gasteiger partial charge in [-0.3, -0.25) is 4.79 Å². The Bertz CT molecular complexity index is 509. The smallest absolute Gasteiger partial charge is 0.387 e. The van der Waals surface area contributed by atoms with Crippen molar-refractivity contribution in [1.82, 2.24) is 0 Å². The zero-order chi connectivity index (χ0) is 14.4. The molecule has 0 aliphatic rings. The minimum Gasteiger partial charge on any atom is -0.478 e. The topological polar surface area (TPSA) is 63.6 Å². The average Bonchev–Trinajstić information content (AvgIpc) is 2.26. The van der Waals surface area contributed by atoms with E-state index in [1.54, 1.807) is 6.07 Å². The van der Waals surface area contributed by atoms with E-state index in [0.717, 1.165) is 12.2 Å². The van der Waals surface area contributed by atoms with Gasteiger partial charge in [0, 0.05) is 18.1 Å². The second-order valence-electron chi connectivity index (χ2n) is 3.76. The Kier molecular flexibility index (Phi) is 5.17. The molecule has 19 heavy (non-hydrogen) atoms. The summed E-state index contributed by atoms with van der Waals surface area (Å²) >= 11 is 0. The lowest BCUT2D eigenvalue weighted by Gasteiger charge is -2.11. The van der Waals surface area contributed by atoms with Crippen molar-refractivity contribution in [1.29, 1.82) is 0 Å².